The van der Waals surface area contributed by atoms with Gasteiger partial charge in [-0.2, -0.15) is 5.26 Å². The number of carboxylic acid groups (broad SMARTS) is 1. The Morgan fingerprint density at radius 2 is 2.35 bits per heavy atom. The van der Waals surface area contributed by atoms with Crippen LogP contribution in [-0.2, 0) is 4.79 Å². The van der Waals surface area contributed by atoms with Crippen LogP contribution in [-0.4, -0.2) is 17.7 Å². The molecule has 5 heteroatoms. The van der Waals surface area contributed by atoms with Gasteiger partial charge in [0.05, 0.1) is 6.61 Å². The third-order valence-electron chi connectivity index (χ3n) is 1.92. The third-order valence-corrected chi connectivity index (χ3v) is 2.42. The first-order chi connectivity index (χ1) is 8.08. The van der Waals surface area contributed by atoms with Crippen molar-refractivity contribution in [3.63, 3.8) is 0 Å². The Morgan fingerprint density at radius 3 is 2.88 bits per heavy atom. The van der Waals surface area contributed by atoms with E-state index in [0.717, 1.165) is 4.47 Å². The molecule has 0 aliphatic rings. The molecule has 1 N–H and O–H groups in total. The van der Waals surface area contributed by atoms with E-state index >= 15 is 0 Å². The fourth-order valence-corrected chi connectivity index (χ4v) is 1.60. The van der Waals surface area contributed by atoms with E-state index in [9.17, 15) is 4.79 Å². The quantitative estimate of drug-likeness (QED) is 0.685. The molecule has 0 heterocycles. The molecule has 0 amide bonds. The summed E-state index contributed by atoms with van der Waals surface area (Å²) in [6, 6.07) is 6.83. The van der Waals surface area contributed by atoms with Crippen molar-refractivity contribution in [1.82, 2.24) is 0 Å². The predicted octanol–water partition coefficient (Wildman–Crippen LogP) is 2.84. The number of hydrogen-bond donors (Lipinski definition) is 1. The highest BCUT2D eigenvalue weighted by Gasteiger charge is 2.09. The fraction of sp³-hybridized carbons (Fsp3) is 0.167. The number of ether oxygens (including phenoxy) is 1. The highest BCUT2D eigenvalue weighted by atomic mass is 79.9. The summed E-state index contributed by atoms with van der Waals surface area (Å²) in [5.74, 6) is -0.709. The van der Waals surface area contributed by atoms with Crippen molar-refractivity contribution in [1.29, 1.82) is 5.26 Å². The summed E-state index contributed by atoms with van der Waals surface area (Å²) in [4.78, 5) is 10.7. The molecule has 0 atom stereocenters. The van der Waals surface area contributed by atoms with Gasteiger partial charge in [0.2, 0.25) is 0 Å². The number of nitrogens with zero attached hydrogens (tertiary/aromatic N) is 1. The Labute approximate surface area is 107 Å². The number of benzene rings is 1. The number of nitriles is 1. The Hall–Kier alpha value is -1.80. The van der Waals surface area contributed by atoms with Crippen LogP contribution in [0.3, 0.4) is 0 Å². The lowest BCUT2D eigenvalue weighted by Gasteiger charge is -2.07. The predicted molar refractivity (Wildman–Crippen MR) is 66.5 cm³/mol. The number of carboxylic acids is 1. The first-order valence-corrected chi connectivity index (χ1v) is 5.65. The summed E-state index contributed by atoms with van der Waals surface area (Å²) in [6.07, 6.45) is 1.29. The molecule has 0 saturated heterocycles. The van der Waals surface area contributed by atoms with Crippen LogP contribution in [0.1, 0.15) is 12.5 Å². The van der Waals surface area contributed by atoms with Crippen LogP contribution in [0.25, 0.3) is 6.08 Å². The van der Waals surface area contributed by atoms with Gasteiger partial charge in [-0.25, -0.2) is 4.79 Å². The van der Waals surface area contributed by atoms with Crippen molar-refractivity contribution >= 4 is 28.0 Å². The zero-order chi connectivity index (χ0) is 12.8. The third kappa shape index (κ3) is 3.61. The summed E-state index contributed by atoms with van der Waals surface area (Å²) >= 11 is 3.28. The molecule has 0 radical (unpaired) electrons. The van der Waals surface area contributed by atoms with Crippen LogP contribution in [0.5, 0.6) is 5.75 Å². The van der Waals surface area contributed by atoms with E-state index in [1.54, 1.807) is 24.3 Å². The molecular weight excluding hydrogens is 286 g/mol. The molecule has 4 nitrogen and oxygen atoms in total. The molecule has 0 spiro atoms. The normalized spacial score (nSPS) is 10.8. The maximum absolute atomic E-state index is 10.7. The van der Waals surface area contributed by atoms with Gasteiger partial charge in [-0.15, -0.1) is 0 Å². The lowest BCUT2D eigenvalue weighted by Crippen LogP contribution is -1.99. The SMILES string of the molecule is CCOc1ccc(Br)cc1C=C(C#N)C(=O)O. The van der Waals surface area contributed by atoms with Crippen LogP contribution in [0.2, 0.25) is 0 Å². The topological polar surface area (TPSA) is 70.3 Å². The Kier molecular flexibility index (Phi) is 4.73. The molecular formula is C12H10BrNO3. The highest BCUT2D eigenvalue weighted by molar-refractivity contribution is 9.10. The second-order valence-corrected chi connectivity index (χ2v) is 4.01. The molecule has 17 heavy (non-hydrogen) atoms. The Morgan fingerprint density at radius 1 is 1.65 bits per heavy atom. The van der Waals surface area contributed by atoms with Gasteiger partial charge in [0.1, 0.15) is 17.4 Å². The van der Waals surface area contributed by atoms with Crippen LogP contribution in [0, 0.1) is 11.3 Å². The number of hydrogen-bond acceptors (Lipinski definition) is 3. The lowest BCUT2D eigenvalue weighted by atomic mass is 10.1. The van der Waals surface area contributed by atoms with Crippen LogP contribution >= 0.6 is 15.9 Å². The van der Waals surface area contributed by atoms with Crippen molar-refractivity contribution < 1.29 is 14.6 Å². The molecule has 0 aromatic heterocycles. The van der Waals surface area contributed by atoms with Gasteiger partial charge in [0.25, 0.3) is 0 Å². The molecule has 0 fully saturated rings. The summed E-state index contributed by atoms with van der Waals surface area (Å²) in [7, 11) is 0. The van der Waals surface area contributed by atoms with Crippen molar-refractivity contribution in [3.05, 3.63) is 33.8 Å². The van der Waals surface area contributed by atoms with E-state index in [2.05, 4.69) is 15.9 Å². The second-order valence-electron chi connectivity index (χ2n) is 3.09. The smallest absolute Gasteiger partial charge is 0.346 e. The second kappa shape index (κ2) is 6.06. The zero-order valence-electron chi connectivity index (χ0n) is 9.11. The van der Waals surface area contributed by atoms with Crippen molar-refractivity contribution in [2.75, 3.05) is 6.61 Å². The van der Waals surface area contributed by atoms with Gasteiger partial charge in [-0.1, -0.05) is 15.9 Å². The van der Waals surface area contributed by atoms with E-state index < -0.39 is 5.97 Å². The molecule has 88 valence electrons. The van der Waals surface area contributed by atoms with Crippen molar-refractivity contribution in [3.8, 4) is 11.8 Å². The Bertz CT molecular complexity index is 503. The molecule has 0 aliphatic carbocycles. The van der Waals surface area contributed by atoms with E-state index in [1.165, 1.54) is 6.08 Å². The average molecular weight is 296 g/mol. The standard InChI is InChI=1S/C12H10BrNO3/c1-2-17-11-4-3-10(13)6-8(11)5-9(7-14)12(15)16/h3-6H,2H2,1H3,(H,15,16). The molecule has 0 aliphatic heterocycles. The van der Waals surface area contributed by atoms with Crippen molar-refractivity contribution in [2.24, 2.45) is 0 Å². The van der Waals surface area contributed by atoms with Gasteiger partial charge < -0.3 is 9.84 Å². The zero-order valence-corrected chi connectivity index (χ0v) is 10.7. The number of aliphatic carboxylic acids is 1. The molecule has 1 aromatic rings. The van der Waals surface area contributed by atoms with Gasteiger partial charge in [-0.05, 0) is 31.2 Å². The van der Waals surface area contributed by atoms with Gasteiger partial charge in [-0.3, -0.25) is 0 Å². The van der Waals surface area contributed by atoms with E-state index in [1.807, 2.05) is 6.92 Å². The summed E-state index contributed by atoms with van der Waals surface area (Å²) < 4.78 is 6.14. The molecule has 0 bridgehead atoms. The fourth-order valence-electron chi connectivity index (χ4n) is 1.22. The largest absolute Gasteiger partial charge is 0.493 e. The first kappa shape index (κ1) is 13.3. The molecule has 0 saturated carbocycles. The number of rotatable bonds is 4. The number of carbonyl (C=O) groups is 1. The van der Waals surface area contributed by atoms with Crippen LogP contribution in [0.15, 0.2) is 28.2 Å². The molecule has 1 aromatic carbocycles. The van der Waals surface area contributed by atoms with Gasteiger partial charge in [0, 0.05) is 10.0 Å². The molecule has 1 rings (SSSR count). The minimum absolute atomic E-state index is 0.330. The van der Waals surface area contributed by atoms with E-state index in [-0.39, 0.29) is 5.57 Å². The summed E-state index contributed by atoms with van der Waals surface area (Å²) in [5.41, 5.74) is 0.226. The lowest BCUT2D eigenvalue weighted by molar-refractivity contribution is -0.132. The Balaban J connectivity index is 3.24. The first-order valence-electron chi connectivity index (χ1n) is 4.86. The maximum atomic E-state index is 10.7. The van der Waals surface area contributed by atoms with Crippen LogP contribution in [0.4, 0.5) is 0 Å². The van der Waals surface area contributed by atoms with E-state index in [4.69, 9.17) is 15.1 Å². The minimum Gasteiger partial charge on any atom is -0.493 e. The minimum atomic E-state index is -1.25. The summed E-state index contributed by atoms with van der Waals surface area (Å²) in [6.45, 7) is 2.30. The maximum Gasteiger partial charge on any atom is 0.346 e. The average Bonchev–Trinajstić information content (AvgIpc) is 2.29. The van der Waals surface area contributed by atoms with Crippen LogP contribution < -0.4 is 4.74 Å². The summed E-state index contributed by atoms with van der Waals surface area (Å²) in [5, 5.41) is 17.5. The molecule has 0 unspecified atom stereocenters. The monoisotopic (exact) mass is 295 g/mol. The highest BCUT2D eigenvalue weighted by Crippen LogP contribution is 2.25. The van der Waals surface area contributed by atoms with Gasteiger partial charge >= 0.3 is 5.97 Å². The van der Waals surface area contributed by atoms with Crippen molar-refractivity contribution in [2.45, 2.75) is 6.92 Å². The van der Waals surface area contributed by atoms with E-state index in [0.29, 0.717) is 17.9 Å². The number of halogens is 1. The van der Waals surface area contributed by atoms with Gasteiger partial charge in [0.15, 0.2) is 0 Å².